The zero-order chi connectivity index (χ0) is 13.3. The Labute approximate surface area is 117 Å². The average Bonchev–Trinajstić information content (AvgIpc) is 2.28. The van der Waals surface area contributed by atoms with Crippen LogP contribution in [0.5, 0.6) is 0 Å². The number of hydrogen-bond donors (Lipinski definition) is 0. The second kappa shape index (κ2) is 5.31. The van der Waals surface area contributed by atoms with Crippen molar-refractivity contribution in [3.63, 3.8) is 0 Å². The normalized spacial score (nSPS) is 26.2. The molecule has 0 radical (unpaired) electrons. The summed E-state index contributed by atoms with van der Waals surface area (Å²) in [7, 11) is -3.33. The number of piperidine rings is 1. The molecular formula is C13H18BrNO2S. The highest BCUT2D eigenvalue weighted by atomic mass is 79.9. The summed E-state index contributed by atoms with van der Waals surface area (Å²) in [5, 5.41) is 0. The van der Waals surface area contributed by atoms with Crippen LogP contribution < -0.4 is 0 Å². The molecule has 1 fully saturated rings. The predicted octanol–water partition coefficient (Wildman–Crippen LogP) is 3.12. The van der Waals surface area contributed by atoms with E-state index in [1.807, 2.05) is 0 Å². The Morgan fingerprint density at radius 1 is 1.11 bits per heavy atom. The Morgan fingerprint density at radius 2 is 1.61 bits per heavy atom. The quantitative estimate of drug-likeness (QED) is 0.834. The smallest absolute Gasteiger partial charge is 0.207 e. The number of hydrogen-bond acceptors (Lipinski definition) is 2. The average molecular weight is 332 g/mol. The molecule has 1 aliphatic rings. The van der Waals surface area contributed by atoms with Crippen LogP contribution in [-0.4, -0.2) is 25.8 Å². The highest BCUT2D eigenvalue weighted by molar-refractivity contribution is 9.10. The molecule has 0 N–H and O–H groups in total. The monoisotopic (exact) mass is 331 g/mol. The summed E-state index contributed by atoms with van der Waals surface area (Å²) < 4.78 is 27.5. The van der Waals surface area contributed by atoms with Gasteiger partial charge in [0, 0.05) is 17.6 Å². The molecule has 0 unspecified atom stereocenters. The second-order valence-electron chi connectivity index (χ2n) is 5.22. The van der Waals surface area contributed by atoms with Gasteiger partial charge in [-0.1, -0.05) is 29.8 Å². The maximum Gasteiger partial charge on any atom is 0.243 e. The summed E-state index contributed by atoms with van der Waals surface area (Å²) >= 11 is 3.32. The number of halogens is 1. The van der Waals surface area contributed by atoms with E-state index in [9.17, 15) is 8.42 Å². The lowest BCUT2D eigenvalue weighted by atomic mass is 9.94. The zero-order valence-corrected chi connectivity index (χ0v) is 13.0. The van der Waals surface area contributed by atoms with Crippen LogP contribution in [0, 0.1) is 11.8 Å². The van der Waals surface area contributed by atoms with E-state index in [-0.39, 0.29) is 0 Å². The second-order valence-corrected chi connectivity index (χ2v) is 8.08. The Morgan fingerprint density at radius 3 is 2.11 bits per heavy atom. The predicted molar refractivity (Wildman–Crippen MR) is 75.8 cm³/mol. The molecule has 0 aromatic heterocycles. The molecule has 1 saturated heterocycles. The van der Waals surface area contributed by atoms with Crippen molar-refractivity contribution in [1.29, 1.82) is 0 Å². The van der Waals surface area contributed by atoms with Crippen molar-refractivity contribution in [3.8, 4) is 0 Å². The standard InChI is InChI=1S/C13H18BrNO2S/c1-10-7-11(2)9-15(8-10)18(16,17)13-5-3-12(14)4-6-13/h3-6,10-11H,7-9H2,1-2H3/t10-,11+. The third-order valence-electron chi connectivity index (χ3n) is 3.29. The molecule has 5 heteroatoms. The molecule has 18 heavy (non-hydrogen) atoms. The fraction of sp³-hybridized carbons (Fsp3) is 0.538. The summed E-state index contributed by atoms with van der Waals surface area (Å²) in [5.41, 5.74) is 0. The number of benzene rings is 1. The van der Waals surface area contributed by atoms with Crippen LogP contribution in [0.1, 0.15) is 20.3 Å². The van der Waals surface area contributed by atoms with Gasteiger partial charge in [0.2, 0.25) is 10.0 Å². The highest BCUT2D eigenvalue weighted by Gasteiger charge is 2.31. The summed E-state index contributed by atoms with van der Waals surface area (Å²) in [5.74, 6) is 0.859. The number of nitrogens with zero attached hydrogens (tertiary/aromatic N) is 1. The van der Waals surface area contributed by atoms with Gasteiger partial charge in [0.15, 0.2) is 0 Å². The minimum Gasteiger partial charge on any atom is -0.207 e. The first kappa shape index (κ1) is 14.0. The van der Waals surface area contributed by atoms with Gasteiger partial charge in [-0.15, -0.1) is 0 Å². The van der Waals surface area contributed by atoms with Crippen molar-refractivity contribution >= 4 is 26.0 Å². The third-order valence-corrected chi connectivity index (χ3v) is 5.66. The van der Waals surface area contributed by atoms with Gasteiger partial charge in [0.1, 0.15) is 0 Å². The van der Waals surface area contributed by atoms with Gasteiger partial charge in [-0.05, 0) is 42.5 Å². The first-order valence-corrected chi connectivity index (χ1v) is 8.38. The van der Waals surface area contributed by atoms with E-state index in [4.69, 9.17) is 0 Å². The fourth-order valence-corrected chi connectivity index (χ4v) is 4.50. The summed E-state index contributed by atoms with van der Waals surface area (Å²) in [6.07, 6.45) is 1.10. The lowest BCUT2D eigenvalue weighted by molar-refractivity contribution is 0.222. The van der Waals surface area contributed by atoms with Crippen molar-refractivity contribution in [1.82, 2.24) is 4.31 Å². The molecule has 2 rings (SSSR count). The largest absolute Gasteiger partial charge is 0.243 e. The minimum atomic E-state index is -3.33. The first-order valence-electron chi connectivity index (χ1n) is 6.15. The molecule has 0 amide bonds. The lowest BCUT2D eigenvalue weighted by Gasteiger charge is -2.34. The molecule has 0 saturated carbocycles. The van der Waals surface area contributed by atoms with Gasteiger partial charge in [-0.3, -0.25) is 0 Å². The molecule has 1 aromatic rings. The van der Waals surface area contributed by atoms with E-state index in [1.54, 1.807) is 28.6 Å². The molecule has 100 valence electrons. The van der Waals surface area contributed by atoms with E-state index >= 15 is 0 Å². The molecule has 2 atom stereocenters. The SMILES string of the molecule is C[C@@H]1C[C@H](C)CN(S(=O)(=O)c2ccc(Br)cc2)C1. The molecule has 0 aliphatic carbocycles. The van der Waals surface area contributed by atoms with Crippen LogP contribution in [-0.2, 0) is 10.0 Å². The maximum absolute atomic E-state index is 12.5. The van der Waals surface area contributed by atoms with E-state index in [2.05, 4.69) is 29.8 Å². The minimum absolute atomic E-state index is 0.381. The van der Waals surface area contributed by atoms with Gasteiger partial charge in [-0.2, -0.15) is 4.31 Å². The van der Waals surface area contributed by atoms with E-state index in [0.717, 1.165) is 10.9 Å². The van der Waals surface area contributed by atoms with E-state index < -0.39 is 10.0 Å². The van der Waals surface area contributed by atoms with Gasteiger partial charge in [-0.25, -0.2) is 8.42 Å². The van der Waals surface area contributed by atoms with Crippen LogP contribution in [0.15, 0.2) is 33.6 Å². The fourth-order valence-electron chi connectivity index (χ4n) is 2.56. The van der Waals surface area contributed by atoms with Crippen molar-refractivity contribution < 1.29 is 8.42 Å². The van der Waals surface area contributed by atoms with Crippen LogP contribution >= 0.6 is 15.9 Å². The van der Waals surface area contributed by atoms with Crippen LogP contribution in [0.4, 0.5) is 0 Å². The lowest BCUT2D eigenvalue weighted by Crippen LogP contribution is -2.42. The molecular weight excluding hydrogens is 314 g/mol. The number of sulfonamides is 1. The van der Waals surface area contributed by atoms with Crippen molar-refractivity contribution in [2.24, 2.45) is 11.8 Å². The van der Waals surface area contributed by atoms with Gasteiger partial charge in [0.05, 0.1) is 4.90 Å². The van der Waals surface area contributed by atoms with Crippen molar-refractivity contribution in [2.45, 2.75) is 25.2 Å². The summed E-state index contributed by atoms with van der Waals surface area (Å²) in [6, 6.07) is 6.85. The molecule has 1 heterocycles. The van der Waals surface area contributed by atoms with Gasteiger partial charge >= 0.3 is 0 Å². The zero-order valence-electron chi connectivity index (χ0n) is 10.6. The van der Waals surface area contributed by atoms with Crippen LogP contribution in [0.2, 0.25) is 0 Å². The molecule has 3 nitrogen and oxygen atoms in total. The van der Waals surface area contributed by atoms with Crippen LogP contribution in [0.3, 0.4) is 0 Å². The van der Waals surface area contributed by atoms with Gasteiger partial charge in [0.25, 0.3) is 0 Å². The molecule has 1 aromatic carbocycles. The topological polar surface area (TPSA) is 37.4 Å². The van der Waals surface area contributed by atoms with Gasteiger partial charge < -0.3 is 0 Å². The first-order chi connectivity index (χ1) is 8.39. The Bertz CT molecular complexity index is 502. The number of rotatable bonds is 2. The van der Waals surface area contributed by atoms with E-state index in [0.29, 0.717) is 29.8 Å². The third kappa shape index (κ3) is 2.95. The van der Waals surface area contributed by atoms with Crippen LogP contribution in [0.25, 0.3) is 0 Å². The molecule has 0 bridgehead atoms. The van der Waals surface area contributed by atoms with Crippen molar-refractivity contribution in [3.05, 3.63) is 28.7 Å². The maximum atomic E-state index is 12.5. The Hall–Kier alpha value is -0.390. The summed E-state index contributed by atoms with van der Waals surface area (Å²) in [6.45, 7) is 5.48. The molecule has 0 spiro atoms. The highest BCUT2D eigenvalue weighted by Crippen LogP contribution is 2.27. The molecule has 1 aliphatic heterocycles. The Balaban J connectivity index is 2.28. The summed E-state index contributed by atoms with van der Waals surface area (Å²) in [4.78, 5) is 0.381. The van der Waals surface area contributed by atoms with Crippen molar-refractivity contribution in [2.75, 3.05) is 13.1 Å². The van der Waals surface area contributed by atoms with E-state index in [1.165, 1.54) is 0 Å². The Kier molecular flexibility index (Phi) is 4.14.